The van der Waals surface area contributed by atoms with Crippen LogP contribution in [-0.4, -0.2) is 61.7 Å². The number of likely N-dealkylation sites (N-methyl/N-ethyl adjacent to an activating group) is 1. The van der Waals surface area contributed by atoms with E-state index >= 15 is 0 Å². The molecule has 1 aliphatic rings. The number of benzene rings is 2. The maximum atomic E-state index is 12.2. The summed E-state index contributed by atoms with van der Waals surface area (Å²) in [7, 11) is -1.51. The average molecular weight is 531 g/mol. The molecular weight excluding hydrogens is 496 g/mol. The van der Waals surface area contributed by atoms with Crippen molar-refractivity contribution in [2.75, 3.05) is 31.4 Å². The minimum atomic E-state index is -3.30. The van der Waals surface area contributed by atoms with Crippen LogP contribution < -0.4 is 4.90 Å². The SMILES string of the molecule is CCCCC1CN(c2ccccc2)c2cc(SC)c(-n3cc(C(=O)OCC)cn3)cc2S(O)(O)N1C. The van der Waals surface area contributed by atoms with Crippen LogP contribution in [0.25, 0.3) is 5.69 Å². The normalized spacial score (nSPS) is 18.4. The number of hydrogen-bond acceptors (Lipinski definition) is 8. The highest BCUT2D eigenvalue weighted by Gasteiger charge is 2.38. The summed E-state index contributed by atoms with van der Waals surface area (Å²) >= 11 is 1.54. The molecule has 36 heavy (non-hydrogen) atoms. The molecule has 2 aromatic carbocycles. The van der Waals surface area contributed by atoms with E-state index < -0.39 is 16.7 Å². The third-order valence-corrected chi connectivity index (χ3v) is 9.24. The second-order valence-corrected chi connectivity index (χ2v) is 11.6. The van der Waals surface area contributed by atoms with Crippen LogP contribution in [0.15, 0.2) is 64.6 Å². The van der Waals surface area contributed by atoms with Crippen molar-refractivity contribution >= 4 is 39.9 Å². The fraction of sp³-hybridized carbons (Fsp3) is 0.385. The second-order valence-electron chi connectivity index (χ2n) is 8.69. The Morgan fingerprint density at radius 2 is 1.94 bits per heavy atom. The van der Waals surface area contributed by atoms with E-state index in [1.165, 1.54) is 18.0 Å². The predicted molar refractivity (Wildman–Crippen MR) is 147 cm³/mol. The molecule has 1 aromatic heterocycles. The number of hydrogen-bond donors (Lipinski definition) is 2. The van der Waals surface area contributed by atoms with Crippen LogP contribution in [0.3, 0.4) is 0 Å². The minimum absolute atomic E-state index is 0.0520. The highest BCUT2D eigenvalue weighted by Crippen LogP contribution is 2.59. The molecular formula is C26H34N4O4S2. The van der Waals surface area contributed by atoms with Crippen LogP contribution in [-0.2, 0) is 4.74 Å². The van der Waals surface area contributed by atoms with Crippen LogP contribution in [0, 0.1) is 0 Å². The number of carbonyl (C=O) groups excluding carboxylic acids is 1. The van der Waals surface area contributed by atoms with Crippen molar-refractivity contribution in [2.45, 2.75) is 48.9 Å². The molecule has 0 spiro atoms. The number of fused-ring (bicyclic) bond motifs is 1. The summed E-state index contributed by atoms with van der Waals surface area (Å²) in [6.07, 6.45) is 7.93. The molecule has 1 aliphatic heterocycles. The Morgan fingerprint density at radius 3 is 2.61 bits per heavy atom. The second kappa shape index (κ2) is 11.3. The molecule has 10 heteroatoms. The Morgan fingerprint density at radius 1 is 1.19 bits per heavy atom. The number of rotatable bonds is 8. The number of unbranched alkanes of at least 4 members (excludes halogenated alkanes) is 1. The predicted octanol–water partition coefficient (Wildman–Crippen LogP) is 6.44. The van der Waals surface area contributed by atoms with Gasteiger partial charge in [-0.05, 0) is 43.9 Å². The molecule has 4 rings (SSSR count). The highest BCUT2D eigenvalue weighted by molar-refractivity contribution is 8.22. The number of nitrogens with zero attached hydrogens (tertiary/aromatic N) is 4. The first-order valence-corrected chi connectivity index (χ1v) is 14.8. The average Bonchev–Trinajstić information content (AvgIpc) is 3.36. The van der Waals surface area contributed by atoms with Crippen molar-refractivity contribution in [2.24, 2.45) is 0 Å². The molecule has 2 heterocycles. The van der Waals surface area contributed by atoms with Crippen molar-refractivity contribution in [1.29, 1.82) is 0 Å². The Hall–Kier alpha value is -2.50. The van der Waals surface area contributed by atoms with Gasteiger partial charge in [0.05, 0.1) is 29.7 Å². The van der Waals surface area contributed by atoms with Crippen molar-refractivity contribution < 1.29 is 18.6 Å². The standard InChI is InChI=1S/C26H34N4O4S2/c1-5-7-11-21-18-29(20-12-9-8-10-13-20)23-14-24(35-4)22(15-25(23)36(32,33)28(21)3)30-17-19(16-27-30)26(31)34-6-2/h8-10,12-17,21,32-33H,5-7,11,18H2,1-4H3. The minimum Gasteiger partial charge on any atom is -0.462 e. The molecule has 0 saturated carbocycles. The van der Waals surface area contributed by atoms with Gasteiger partial charge in [-0.25, -0.2) is 13.8 Å². The number of carbonyl (C=O) groups is 1. The smallest absolute Gasteiger partial charge is 0.341 e. The maximum absolute atomic E-state index is 12.2. The topological polar surface area (TPSA) is 91.1 Å². The highest BCUT2D eigenvalue weighted by atomic mass is 32.3. The zero-order valence-corrected chi connectivity index (χ0v) is 22.8. The van der Waals surface area contributed by atoms with Crippen molar-refractivity contribution in [1.82, 2.24) is 14.1 Å². The van der Waals surface area contributed by atoms with Gasteiger partial charge in [-0.3, -0.25) is 9.11 Å². The van der Waals surface area contributed by atoms with Gasteiger partial charge in [0.1, 0.15) is 4.90 Å². The van der Waals surface area contributed by atoms with Crippen molar-refractivity contribution in [3.05, 3.63) is 60.4 Å². The summed E-state index contributed by atoms with van der Waals surface area (Å²) in [5, 5.41) is 4.39. The number of esters is 1. The Labute approximate surface area is 218 Å². The number of ether oxygens (including phenoxy) is 1. The first-order valence-electron chi connectivity index (χ1n) is 12.1. The molecule has 8 nitrogen and oxygen atoms in total. The molecule has 0 amide bonds. The van der Waals surface area contributed by atoms with Gasteiger partial charge in [-0.2, -0.15) is 5.10 Å². The Bertz CT molecular complexity index is 1200. The van der Waals surface area contributed by atoms with Gasteiger partial charge in [0.15, 0.2) is 0 Å². The third kappa shape index (κ3) is 5.14. The number of para-hydroxylation sites is 1. The fourth-order valence-corrected chi connectivity index (χ4v) is 6.65. The van der Waals surface area contributed by atoms with E-state index in [2.05, 4.69) is 16.9 Å². The van der Waals surface area contributed by atoms with E-state index in [1.807, 2.05) is 42.7 Å². The van der Waals surface area contributed by atoms with Crippen LogP contribution in [0.5, 0.6) is 0 Å². The fourth-order valence-electron chi connectivity index (χ4n) is 4.44. The van der Waals surface area contributed by atoms with Gasteiger partial charge in [-0.15, -0.1) is 22.5 Å². The van der Waals surface area contributed by atoms with Crippen LogP contribution >= 0.6 is 22.5 Å². The molecule has 3 aromatic rings. The number of thioether (sulfide) groups is 1. The van der Waals surface area contributed by atoms with E-state index in [-0.39, 0.29) is 12.6 Å². The lowest BCUT2D eigenvalue weighted by molar-refractivity contribution is 0.0526. The summed E-state index contributed by atoms with van der Waals surface area (Å²) in [5.41, 5.74) is 2.77. The number of anilines is 2. The van der Waals surface area contributed by atoms with Crippen LogP contribution in [0.2, 0.25) is 0 Å². The van der Waals surface area contributed by atoms with Gasteiger partial charge < -0.3 is 9.64 Å². The largest absolute Gasteiger partial charge is 0.462 e. The summed E-state index contributed by atoms with van der Waals surface area (Å²) in [4.78, 5) is 15.7. The summed E-state index contributed by atoms with van der Waals surface area (Å²) in [6.45, 7) is 4.81. The van der Waals surface area contributed by atoms with Gasteiger partial charge in [0.25, 0.3) is 0 Å². The number of aromatic nitrogens is 2. The lowest BCUT2D eigenvalue weighted by Gasteiger charge is -2.43. The van der Waals surface area contributed by atoms with Crippen LogP contribution in [0.4, 0.5) is 11.4 Å². The van der Waals surface area contributed by atoms with E-state index in [4.69, 9.17) is 4.74 Å². The Balaban J connectivity index is 1.89. The van der Waals surface area contributed by atoms with Crippen molar-refractivity contribution in [3.8, 4) is 5.69 Å². The quantitative estimate of drug-likeness (QED) is 0.254. The van der Waals surface area contributed by atoms with Gasteiger partial charge in [0, 0.05) is 36.4 Å². The Kier molecular flexibility index (Phi) is 8.31. The third-order valence-electron chi connectivity index (χ3n) is 6.45. The van der Waals surface area contributed by atoms with Gasteiger partial charge in [0.2, 0.25) is 0 Å². The zero-order valence-electron chi connectivity index (χ0n) is 21.1. The van der Waals surface area contributed by atoms with E-state index in [0.717, 1.165) is 35.5 Å². The lowest BCUT2D eigenvalue weighted by Crippen LogP contribution is -2.39. The zero-order chi connectivity index (χ0) is 25.9. The first kappa shape index (κ1) is 26.6. The van der Waals surface area contributed by atoms with Gasteiger partial charge >= 0.3 is 5.97 Å². The molecule has 194 valence electrons. The molecule has 2 N–H and O–H groups in total. The summed E-state index contributed by atoms with van der Waals surface area (Å²) < 4.78 is 31.7. The van der Waals surface area contributed by atoms with E-state index in [1.54, 1.807) is 35.2 Å². The van der Waals surface area contributed by atoms with Crippen molar-refractivity contribution in [3.63, 3.8) is 0 Å². The molecule has 0 bridgehead atoms. The molecule has 1 atom stereocenters. The monoisotopic (exact) mass is 530 g/mol. The van der Waals surface area contributed by atoms with Crippen LogP contribution in [0.1, 0.15) is 43.5 Å². The lowest BCUT2D eigenvalue weighted by atomic mass is 10.1. The molecule has 0 saturated heterocycles. The molecule has 0 radical (unpaired) electrons. The van der Waals surface area contributed by atoms with E-state index in [9.17, 15) is 13.9 Å². The molecule has 0 fully saturated rings. The summed E-state index contributed by atoms with van der Waals surface area (Å²) in [6, 6.07) is 13.8. The van der Waals surface area contributed by atoms with E-state index in [0.29, 0.717) is 22.7 Å². The maximum Gasteiger partial charge on any atom is 0.341 e. The molecule has 0 aliphatic carbocycles. The first-order chi connectivity index (χ1) is 17.3. The summed E-state index contributed by atoms with van der Waals surface area (Å²) in [5.74, 6) is -0.442. The molecule has 1 unspecified atom stereocenters. The van der Waals surface area contributed by atoms with Gasteiger partial charge in [-0.1, -0.05) is 38.0 Å².